The summed E-state index contributed by atoms with van der Waals surface area (Å²) in [4.78, 5) is 25.5. The summed E-state index contributed by atoms with van der Waals surface area (Å²) in [5.41, 5.74) is 1.40. The highest BCUT2D eigenvalue weighted by Crippen LogP contribution is 2.38. The molecule has 2 amide bonds. The molecule has 0 aliphatic heterocycles. The van der Waals surface area contributed by atoms with Gasteiger partial charge in [0.15, 0.2) is 0 Å². The minimum atomic E-state index is -0.437. The first-order valence-electron chi connectivity index (χ1n) is 10.7. The first-order chi connectivity index (χ1) is 15.5. The van der Waals surface area contributed by atoms with Crippen LogP contribution in [-0.2, 0) is 22.4 Å². The Bertz CT molecular complexity index is 1030. The number of thiophene rings is 1. The lowest BCUT2D eigenvalue weighted by molar-refractivity contribution is -0.111. The Hall–Kier alpha value is -3.09. The van der Waals surface area contributed by atoms with Crippen LogP contribution in [0.25, 0.3) is 6.08 Å². The number of alkyl carbamates (subject to hydrolysis) is 1. The minimum Gasteiger partial charge on any atom is -0.465 e. The van der Waals surface area contributed by atoms with Gasteiger partial charge < -0.3 is 24.9 Å². The van der Waals surface area contributed by atoms with Crippen molar-refractivity contribution in [2.24, 2.45) is 0 Å². The molecule has 168 valence electrons. The zero-order chi connectivity index (χ0) is 22.5. The van der Waals surface area contributed by atoms with E-state index in [0.29, 0.717) is 48.4 Å². The van der Waals surface area contributed by atoms with E-state index in [1.165, 1.54) is 23.7 Å². The zero-order valence-corrected chi connectivity index (χ0v) is 18.3. The van der Waals surface area contributed by atoms with Gasteiger partial charge in [-0.05, 0) is 62.3 Å². The van der Waals surface area contributed by atoms with Crippen LogP contribution in [0, 0.1) is 11.3 Å². The molecule has 1 fully saturated rings. The van der Waals surface area contributed by atoms with Crippen molar-refractivity contribution in [2.75, 3.05) is 5.32 Å². The molecular weight excluding hydrogens is 430 g/mol. The molecule has 1 atom stereocenters. The number of nitriles is 1. The average molecular weight is 456 g/mol. The number of carbonyl (C=O) groups is 2. The Balaban J connectivity index is 1.35. The van der Waals surface area contributed by atoms with E-state index in [1.807, 2.05) is 0 Å². The third-order valence-electron chi connectivity index (χ3n) is 5.80. The largest absolute Gasteiger partial charge is 0.465 e. The number of ether oxygens (including phenoxy) is 1. The molecule has 2 aromatic rings. The zero-order valence-electron chi connectivity index (χ0n) is 17.5. The number of anilines is 1. The number of aliphatic hydroxyl groups is 1. The molecule has 0 spiro atoms. The Labute approximate surface area is 189 Å². The van der Waals surface area contributed by atoms with Crippen LogP contribution in [0.2, 0.25) is 0 Å². The van der Waals surface area contributed by atoms with E-state index < -0.39 is 6.09 Å². The molecule has 32 heavy (non-hydrogen) atoms. The summed E-state index contributed by atoms with van der Waals surface area (Å²) in [6.45, 7) is 0. The molecule has 3 N–H and O–H groups in total. The van der Waals surface area contributed by atoms with Gasteiger partial charge in [0, 0.05) is 23.4 Å². The van der Waals surface area contributed by atoms with Crippen LogP contribution in [-0.4, -0.2) is 35.4 Å². The van der Waals surface area contributed by atoms with Crippen LogP contribution < -0.4 is 10.6 Å². The molecule has 4 rings (SSSR count). The van der Waals surface area contributed by atoms with Crippen LogP contribution in [0.1, 0.15) is 53.9 Å². The first-order valence-corrected chi connectivity index (χ1v) is 11.6. The second-order valence-electron chi connectivity index (χ2n) is 8.08. The number of carbonyl (C=O) groups excluding carboxylic acids is 2. The van der Waals surface area contributed by atoms with Gasteiger partial charge >= 0.3 is 6.09 Å². The number of fused-ring (bicyclic) bond motifs is 1. The van der Waals surface area contributed by atoms with Gasteiger partial charge in [-0.25, -0.2) is 4.79 Å². The Kier molecular flexibility index (Phi) is 6.93. The van der Waals surface area contributed by atoms with E-state index in [-0.39, 0.29) is 24.2 Å². The van der Waals surface area contributed by atoms with Gasteiger partial charge in [0.05, 0.1) is 17.9 Å². The predicted molar refractivity (Wildman–Crippen MR) is 119 cm³/mol. The second kappa shape index (κ2) is 10.0. The first kappa shape index (κ1) is 22.1. The Morgan fingerprint density at radius 2 is 2.09 bits per heavy atom. The maximum atomic E-state index is 12.3. The van der Waals surface area contributed by atoms with Crippen molar-refractivity contribution in [3.63, 3.8) is 0 Å². The number of hydrogen-bond acceptors (Lipinski definition) is 7. The number of aliphatic hydroxyl groups excluding tert-OH is 1. The van der Waals surface area contributed by atoms with E-state index >= 15 is 0 Å². The maximum Gasteiger partial charge on any atom is 0.407 e. The fourth-order valence-corrected chi connectivity index (χ4v) is 5.40. The number of furan rings is 1. The number of rotatable bonds is 5. The van der Waals surface area contributed by atoms with Crippen LogP contribution >= 0.6 is 11.3 Å². The van der Waals surface area contributed by atoms with Crippen molar-refractivity contribution >= 4 is 34.4 Å². The van der Waals surface area contributed by atoms with Crippen molar-refractivity contribution in [2.45, 2.75) is 63.2 Å². The van der Waals surface area contributed by atoms with Crippen molar-refractivity contribution < 1.29 is 23.8 Å². The number of amides is 2. The van der Waals surface area contributed by atoms with Gasteiger partial charge in [-0.2, -0.15) is 5.26 Å². The van der Waals surface area contributed by atoms with E-state index in [2.05, 4.69) is 16.7 Å². The Morgan fingerprint density at radius 1 is 1.28 bits per heavy atom. The van der Waals surface area contributed by atoms with Gasteiger partial charge in [0.25, 0.3) is 0 Å². The van der Waals surface area contributed by atoms with Crippen LogP contribution in [0.3, 0.4) is 0 Å². The molecule has 0 aromatic carbocycles. The molecule has 2 aromatic heterocycles. The topological polar surface area (TPSA) is 125 Å². The van der Waals surface area contributed by atoms with E-state index in [1.54, 1.807) is 18.2 Å². The van der Waals surface area contributed by atoms with Gasteiger partial charge in [-0.3, -0.25) is 4.79 Å². The fourth-order valence-electron chi connectivity index (χ4n) is 4.13. The SMILES string of the molecule is N#Cc1c(NC(=O)/C=C/c2ccco2)sc2c1CCC(OC(=O)NC1CCC(O)CC1)C2. The Morgan fingerprint density at radius 3 is 2.81 bits per heavy atom. The van der Waals surface area contributed by atoms with Crippen molar-refractivity contribution in [3.05, 3.63) is 46.2 Å². The maximum absolute atomic E-state index is 12.3. The normalized spacial score (nSPS) is 22.7. The van der Waals surface area contributed by atoms with Crippen molar-refractivity contribution in [1.82, 2.24) is 5.32 Å². The summed E-state index contributed by atoms with van der Waals surface area (Å²) < 4.78 is 10.8. The summed E-state index contributed by atoms with van der Waals surface area (Å²) >= 11 is 1.35. The number of hydrogen-bond donors (Lipinski definition) is 3. The second-order valence-corrected chi connectivity index (χ2v) is 9.18. The van der Waals surface area contributed by atoms with E-state index in [4.69, 9.17) is 9.15 Å². The molecular formula is C23H25N3O5S. The molecule has 0 radical (unpaired) electrons. The predicted octanol–water partition coefficient (Wildman–Crippen LogP) is 3.75. The molecule has 0 saturated heterocycles. The third-order valence-corrected chi connectivity index (χ3v) is 6.97. The minimum absolute atomic E-state index is 0.0352. The fraction of sp³-hybridized carbons (Fsp3) is 0.435. The summed E-state index contributed by atoms with van der Waals surface area (Å²) in [7, 11) is 0. The van der Waals surface area contributed by atoms with E-state index in [9.17, 15) is 20.0 Å². The highest BCUT2D eigenvalue weighted by molar-refractivity contribution is 7.16. The third kappa shape index (κ3) is 5.39. The van der Waals surface area contributed by atoms with Gasteiger partial charge in [0.1, 0.15) is 22.9 Å². The lowest BCUT2D eigenvalue weighted by Crippen LogP contribution is -2.41. The molecule has 1 unspecified atom stereocenters. The van der Waals surface area contributed by atoms with Gasteiger partial charge in [0.2, 0.25) is 5.91 Å². The van der Waals surface area contributed by atoms with Crippen LogP contribution in [0.5, 0.6) is 0 Å². The highest BCUT2D eigenvalue weighted by atomic mass is 32.1. The molecule has 0 bridgehead atoms. The molecule has 2 heterocycles. The quantitative estimate of drug-likeness (QED) is 0.590. The lowest BCUT2D eigenvalue weighted by atomic mass is 9.93. The van der Waals surface area contributed by atoms with Crippen LogP contribution in [0.15, 0.2) is 28.9 Å². The average Bonchev–Trinajstić information content (AvgIpc) is 3.40. The lowest BCUT2D eigenvalue weighted by Gasteiger charge is -2.28. The summed E-state index contributed by atoms with van der Waals surface area (Å²) in [5.74, 6) is 0.218. The van der Waals surface area contributed by atoms with E-state index in [0.717, 1.165) is 23.3 Å². The standard InChI is InChI=1S/C23H25N3O5S/c24-13-19-18-9-7-17(31-23(29)25-14-3-5-15(27)6-4-14)12-20(18)32-22(19)26-21(28)10-8-16-2-1-11-30-16/h1-2,8,10-11,14-15,17,27H,3-7,9,12H2,(H,25,29)(H,26,28)/b10-8+. The number of nitrogens with zero attached hydrogens (tertiary/aromatic N) is 1. The van der Waals surface area contributed by atoms with Crippen molar-refractivity contribution in [3.8, 4) is 6.07 Å². The molecule has 2 aliphatic carbocycles. The molecule has 2 aliphatic rings. The van der Waals surface area contributed by atoms with Crippen molar-refractivity contribution in [1.29, 1.82) is 5.26 Å². The molecule has 8 nitrogen and oxygen atoms in total. The van der Waals surface area contributed by atoms with Crippen LogP contribution in [0.4, 0.5) is 9.80 Å². The summed E-state index contributed by atoms with van der Waals surface area (Å²) in [5, 5.41) is 25.4. The monoisotopic (exact) mass is 455 g/mol. The molecule has 1 saturated carbocycles. The smallest absolute Gasteiger partial charge is 0.407 e. The summed E-state index contributed by atoms with van der Waals surface area (Å²) in [6, 6.07) is 5.71. The summed E-state index contributed by atoms with van der Waals surface area (Å²) in [6.07, 6.45) is 8.09. The number of nitrogens with one attached hydrogen (secondary N) is 2. The van der Waals surface area contributed by atoms with Gasteiger partial charge in [-0.15, -0.1) is 11.3 Å². The van der Waals surface area contributed by atoms with Gasteiger partial charge in [-0.1, -0.05) is 0 Å². The molecule has 9 heteroatoms. The highest BCUT2D eigenvalue weighted by Gasteiger charge is 2.29.